The highest BCUT2D eigenvalue weighted by Crippen LogP contribution is 2.25. The molecule has 0 aliphatic carbocycles. The van der Waals surface area contributed by atoms with Crippen molar-refractivity contribution in [1.82, 2.24) is 18.7 Å². The lowest BCUT2D eigenvalue weighted by Crippen LogP contribution is -2.40. The maximum Gasteiger partial charge on any atom is 0.332 e. The second-order valence-corrected chi connectivity index (χ2v) is 8.77. The van der Waals surface area contributed by atoms with E-state index in [0.717, 1.165) is 22.4 Å². The van der Waals surface area contributed by atoms with Crippen LogP contribution in [0.5, 0.6) is 0 Å². The molecular formula is C25H26N6O2. The molecule has 4 aromatic rings. The lowest BCUT2D eigenvalue weighted by molar-refractivity contribution is 0.653. The molecule has 0 fully saturated rings. The van der Waals surface area contributed by atoms with Crippen LogP contribution in [0.4, 0.5) is 5.95 Å². The van der Waals surface area contributed by atoms with E-state index in [1.54, 1.807) is 12.1 Å². The number of hydrogen-bond donors (Lipinski definition) is 0. The van der Waals surface area contributed by atoms with Crippen LogP contribution in [0.1, 0.15) is 29.2 Å². The summed E-state index contributed by atoms with van der Waals surface area (Å²) in [6.45, 7) is 7.17. The molecule has 8 nitrogen and oxygen atoms in total. The van der Waals surface area contributed by atoms with Gasteiger partial charge in [-0.25, -0.2) is 9.80 Å². The van der Waals surface area contributed by atoms with E-state index in [4.69, 9.17) is 4.98 Å². The van der Waals surface area contributed by atoms with E-state index < -0.39 is 0 Å². The van der Waals surface area contributed by atoms with Gasteiger partial charge in [0.15, 0.2) is 11.2 Å². The second kappa shape index (κ2) is 7.88. The number of benzene rings is 2. The third kappa shape index (κ3) is 3.67. The van der Waals surface area contributed by atoms with Gasteiger partial charge in [0.1, 0.15) is 0 Å². The smallest absolute Gasteiger partial charge is 0.297 e. The third-order valence-electron chi connectivity index (χ3n) is 6.04. The Morgan fingerprint density at radius 1 is 0.848 bits per heavy atom. The molecule has 0 amide bonds. The van der Waals surface area contributed by atoms with E-state index in [9.17, 15) is 9.59 Å². The van der Waals surface area contributed by atoms with Gasteiger partial charge in [-0.2, -0.15) is 10.1 Å². The number of aryl methyl sites for hydroxylation is 3. The molecule has 8 heteroatoms. The van der Waals surface area contributed by atoms with E-state index >= 15 is 0 Å². The minimum absolute atomic E-state index is 0.211. The topological polar surface area (TPSA) is 77.4 Å². The van der Waals surface area contributed by atoms with Crippen molar-refractivity contribution in [3.05, 3.63) is 91.6 Å². The molecule has 1 aliphatic heterocycles. The van der Waals surface area contributed by atoms with Crippen molar-refractivity contribution < 1.29 is 0 Å². The van der Waals surface area contributed by atoms with Crippen molar-refractivity contribution in [2.24, 2.45) is 12.1 Å². The first kappa shape index (κ1) is 20.9. The third-order valence-corrected chi connectivity index (χ3v) is 6.04. The van der Waals surface area contributed by atoms with Crippen molar-refractivity contribution in [3.63, 3.8) is 0 Å². The lowest BCUT2D eigenvalue weighted by atomic mass is 10.1. The average molecular weight is 443 g/mol. The van der Waals surface area contributed by atoms with E-state index in [-0.39, 0.29) is 17.8 Å². The summed E-state index contributed by atoms with van der Waals surface area (Å²) in [5.74, 6) is 0.566. The van der Waals surface area contributed by atoms with Gasteiger partial charge in [0, 0.05) is 7.05 Å². The molecule has 0 unspecified atom stereocenters. The van der Waals surface area contributed by atoms with Gasteiger partial charge in [-0.15, -0.1) is 0 Å². The Balaban J connectivity index is 1.64. The highest BCUT2D eigenvalue weighted by Gasteiger charge is 2.26. The van der Waals surface area contributed by atoms with Gasteiger partial charge in [-0.3, -0.25) is 18.5 Å². The number of hydrogen-bond acceptors (Lipinski definition) is 5. The minimum Gasteiger partial charge on any atom is -0.297 e. The Hall–Kier alpha value is -3.94. The standard InChI is InChI=1S/C25H26N6O2/c1-16-5-9-19(10-6-16)14-30-23(32)21-22(28(4)25(30)33)26-24-29(21)13-18(3)27-31(24)15-20-11-7-17(2)8-12-20/h5-12H,13-15H2,1-4H3. The van der Waals surface area contributed by atoms with Crippen LogP contribution in [0.25, 0.3) is 11.2 Å². The van der Waals surface area contributed by atoms with Gasteiger partial charge in [0.2, 0.25) is 5.95 Å². The fourth-order valence-electron chi connectivity index (χ4n) is 4.21. The number of fused-ring (bicyclic) bond motifs is 3. The van der Waals surface area contributed by atoms with Gasteiger partial charge < -0.3 is 0 Å². The second-order valence-electron chi connectivity index (χ2n) is 8.77. The molecular weight excluding hydrogens is 416 g/mol. The monoisotopic (exact) mass is 442 g/mol. The molecule has 0 saturated carbocycles. The highest BCUT2D eigenvalue weighted by atomic mass is 16.2. The summed E-state index contributed by atoms with van der Waals surface area (Å²) in [5.41, 5.74) is 5.24. The predicted molar refractivity (Wildman–Crippen MR) is 130 cm³/mol. The van der Waals surface area contributed by atoms with Crippen LogP contribution in [-0.4, -0.2) is 24.4 Å². The maximum atomic E-state index is 13.5. The van der Waals surface area contributed by atoms with Gasteiger partial charge in [0.05, 0.1) is 25.3 Å². The largest absolute Gasteiger partial charge is 0.332 e. The number of aromatic nitrogens is 4. The summed E-state index contributed by atoms with van der Waals surface area (Å²) < 4.78 is 4.61. The number of hydrazone groups is 1. The Bertz CT molecular complexity index is 1500. The minimum atomic E-state index is -0.383. The molecule has 0 radical (unpaired) electrons. The Morgan fingerprint density at radius 3 is 2.03 bits per heavy atom. The van der Waals surface area contributed by atoms with E-state index in [0.29, 0.717) is 30.2 Å². The Kier molecular flexibility index (Phi) is 5.00. The fourth-order valence-corrected chi connectivity index (χ4v) is 4.21. The highest BCUT2D eigenvalue weighted by molar-refractivity contribution is 5.87. The molecule has 0 spiro atoms. The van der Waals surface area contributed by atoms with Crippen molar-refractivity contribution in [1.29, 1.82) is 0 Å². The Labute approximate surface area is 191 Å². The first-order valence-electron chi connectivity index (χ1n) is 10.9. The van der Waals surface area contributed by atoms with Crippen LogP contribution >= 0.6 is 0 Å². The zero-order valence-electron chi connectivity index (χ0n) is 19.2. The molecule has 0 saturated heterocycles. The summed E-state index contributed by atoms with van der Waals surface area (Å²) >= 11 is 0. The maximum absolute atomic E-state index is 13.5. The average Bonchev–Trinajstić information content (AvgIpc) is 3.18. The van der Waals surface area contributed by atoms with Gasteiger partial charge in [-0.1, -0.05) is 59.7 Å². The summed E-state index contributed by atoms with van der Waals surface area (Å²) in [4.78, 5) is 31.3. The number of imidazole rings is 1. The predicted octanol–water partition coefficient (Wildman–Crippen LogP) is 2.96. The van der Waals surface area contributed by atoms with Crippen molar-refractivity contribution in [2.75, 3.05) is 5.01 Å². The van der Waals surface area contributed by atoms with Gasteiger partial charge in [-0.05, 0) is 31.9 Å². The lowest BCUT2D eigenvalue weighted by Gasteiger charge is -2.25. The number of rotatable bonds is 4. The molecule has 0 atom stereocenters. The summed E-state index contributed by atoms with van der Waals surface area (Å²) in [7, 11) is 1.66. The molecule has 1 aliphatic rings. The van der Waals surface area contributed by atoms with Crippen molar-refractivity contribution in [2.45, 2.75) is 40.4 Å². The summed E-state index contributed by atoms with van der Waals surface area (Å²) in [5, 5.41) is 6.49. The van der Waals surface area contributed by atoms with Crippen molar-refractivity contribution >= 4 is 22.8 Å². The van der Waals surface area contributed by atoms with Crippen LogP contribution in [0.2, 0.25) is 0 Å². The molecule has 0 bridgehead atoms. The number of anilines is 1. The molecule has 33 heavy (non-hydrogen) atoms. The quantitative estimate of drug-likeness (QED) is 0.487. The van der Waals surface area contributed by atoms with E-state index in [2.05, 4.69) is 36.3 Å². The van der Waals surface area contributed by atoms with Gasteiger partial charge >= 0.3 is 5.69 Å². The molecule has 2 aromatic carbocycles. The summed E-state index contributed by atoms with van der Waals surface area (Å²) in [6.07, 6.45) is 0. The van der Waals surface area contributed by atoms with Gasteiger partial charge in [0.25, 0.3) is 5.56 Å². The zero-order chi connectivity index (χ0) is 23.3. The van der Waals surface area contributed by atoms with Crippen LogP contribution in [0.15, 0.2) is 63.2 Å². The van der Waals surface area contributed by atoms with E-state index in [1.807, 2.05) is 42.7 Å². The van der Waals surface area contributed by atoms with E-state index in [1.165, 1.54) is 14.7 Å². The SMILES string of the molecule is CC1=NN(Cc2ccc(C)cc2)c2nc3c(c(=O)n(Cc4ccc(C)cc4)c(=O)n3C)n2C1. The Morgan fingerprint density at radius 2 is 1.42 bits per heavy atom. The molecule has 2 aromatic heterocycles. The summed E-state index contributed by atoms with van der Waals surface area (Å²) in [6, 6.07) is 16.1. The fraction of sp³-hybridized carbons (Fsp3) is 0.280. The van der Waals surface area contributed by atoms with Crippen molar-refractivity contribution in [3.8, 4) is 0 Å². The zero-order valence-corrected chi connectivity index (χ0v) is 19.2. The first-order chi connectivity index (χ1) is 15.8. The molecule has 0 N–H and O–H groups in total. The van der Waals surface area contributed by atoms with Crippen LogP contribution < -0.4 is 16.3 Å². The molecule has 5 rings (SSSR count). The first-order valence-corrected chi connectivity index (χ1v) is 10.9. The van der Waals surface area contributed by atoms with Crippen LogP contribution in [-0.2, 0) is 26.7 Å². The van der Waals surface area contributed by atoms with Crippen LogP contribution in [0.3, 0.4) is 0 Å². The normalized spacial score (nSPS) is 13.3. The molecule has 168 valence electrons. The molecule has 3 heterocycles. The van der Waals surface area contributed by atoms with Crippen LogP contribution in [0, 0.1) is 13.8 Å². The number of nitrogens with zero attached hydrogens (tertiary/aromatic N) is 6.